The second-order valence-corrected chi connectivity index (χ2v) is 4.82. The second-order valence-electron chi connectivity index (χ2n) is 4.82. The van der Waals surface area contributed by atoms with Crippen molar-refractivity contribution in [2.75, 3.05) is 7.05 Å². The molecule has 0 bridgehead atoms. The Morgan fingerprint density at radius 2 is 1.80 bits per heavy atom. The zero-order chi connectivity index (χ0) is 13.8. The average molecular weight is 263 g/mol. The maximum atomic E-state index is 4.60. The molecule has 0 spiro atoms. The molecule has 1 aromatic carbocycles. The van der Waals surface area contributed by atoms with Crippen LogP contribution in [0.15, 0.2) is 61.1 Å². The van der Waals surface area contributed by atoms with E-state index in [0.717, 1.165) is 12.1 Å². The smallest absolute Gasteiger partial charge is 0.0654 e. The third kappa shape index (κ3) is 2.53. The predicted octanol–water partition coefficient (Wildman–Crippen LogP) is 3.13. The van der Waals surface area contributed by atoms with Gasteiger partial charge in [0.2, 0.25) is 0 Å². The molecule has 0 aliphatic heterocycles. The lowest BCUT2D eigenvalue weighted by Gasteiger charge is -2.17. The van der Waals surface area contributed by atoms with E-state index in [2.05, 4.69) is 57.7 Å². The van der Waals surface area contributed by atoms with Crippen molar-refractivity contribution in [3.8, 4) is 0 Å². The number of aromatic nitrogens is 2. The summed E-state index contributed by atoms with van der Waals surface area (Å²) in [4.78, 5) is 8.66. The van der Waals surface area contributed by atoms with Gasteiger partial charge in [0.1, 0.15) is 0 Å². The van der Waals surface area contributed by atoms with E-state index >= 15 is 0 Å². The number of pyridine rings is 2. The first kappa shape index (κ1) is 12.8. The second kappa shape index (κ2) is 5.80. The number of rotatable bonds is 4. The van der Waals surface area contributed by atoms with Crippen molar-refractivity contribution in [2.45, 2.75) is 12.5 Å². The molecule has 0 amide bonds. The van der Waals surface area contributed by atoms with Gasteiger partial charge >= 0.3 is 0 Å². The van der Waals surface area contributed by atoms with Gasteiger partial charge in [-0.05, 0) is 42.6 Å². The summed E-state index contributed by atoms with van der Waals surface area (Å²) in [7, 11) is 1.98. The van der Waals surface area contributed by atoms with Gasteiger partial charge in [0.15, 0.2) is 0 Å². The quantitative estimate of drug-likeness (QED) is 0.786. The SMILES string of the molecule is CNC(Cc1ccncc1)c1nccc2ccccc12. The van der Waals surface area contributed by atoms with Crippen molar-refractivity contribution in [3.63, 3.8) is 0 Å². The molecule has 0 aliphatic carbocycles. The van der Waals surface area contributed by atoms with Gasteiger partial charge in [0.25, 0.3) is 0 Å². The summed E-state index contributed by atoms with van der Waals surface area (Å²) in [5.74, 6) is 0. The number of fused-ring (bicyclic) bond motifs is 1. The number of likely N-dealkylation sites (N-methyl/N-ethyl adjacent to an activating group) is 1. The van der Waals surface area contributed by atoms with Crippen molar-refractivity contribution in [1.82, 2.24) is 15.3 Å². The maximum Gasteiger partial charge on any atom is 0.0654 e. The average Bonchev–Trinajstić information content (AvgIpc) is 2.53. The fourth-order valence-electron chi connectivity index (χ4n) is 2.51. The number of benzene rings is 1. The van der Waals surface area contributed by atoms with Crippen LogP contribution < -0.4 is 5.32 Å². The van der Waals surface area contributed by atoms with Crippen LogP contribution in [0.3, 0.4) is 0 Å². The zero-order valence-corrected chi connectivity index (χ0v) is 11.5. The molecular weight excluding hydrogens is 246 g/mol. The lowest BCUT2D eigenvalue weighted by atomic mass is 9.99. The Kier molecular flexibility index (Phi) is 3.70. The number of hydrogen-bond acceptors (Lipinski definition) is 3. The molecule has 1 N–H and O–H groups in total. The highest BCUT2D eigenvalue weighted by Crippen LogP contribution is 2.24. The Bertz CT molecular complexity index is 689. The molecule has 3 aromatic rings. The molecule has 0 radical (unpaired) electrons. The van der Waals surface area contributed by atoms with Gasteiger partial charge in [-0.15, -0.1) is 0 Å². The molecule has 3 nitrogen and oxygen atoms in total. The van der Waals surface area contributed by atoms with E-state index in [4.69, 9.17) is 0 Å². The number of hydrogen-bond donors (Lipinski definition) is 1. The molecule has 0 fully saturated rings. The lowest BCUT2D eigenvalue weighted by Crippen LogP contribution is -2.20. The molecule has 0 saturated heterocycles. The van der Waals surface area contributed by atoms with Gasteiger partial charge in [-0.3, -0.25) is 9.97 Å². The van der Waals surface area contributed by atoms with Crippen molar-refractivity contribution in [3.05, 3.63) is 72.3 Å². The van der Waals surface area contributed by atoms with Crippen molar-refractivity contribution < 1.29 is 0 Å². The molecule has 3 heteroatoms. The van der Waals surface area contributed by atoms with Crippen molar-refractivity contribution >= 4 is 10.8 Å². The van der Waals surface area contributed by atoms with Gasteiger partial charge in [0, 0.05) is 24.0 Å². The Hall–Kier alpha value is -2.26. The minimum atomic E-state index is 0.198. The van der Waals surface area contributed by atoms with Gasteiger partial charge in [0.05, 0.1) is 11.7 Å². The molecule has 0 saturated carbocycles. The predicted molar refractivity (Wildman–Crippen MR) is 81.5 cm³/mol. The summed E-state index contributed by atoms with van der Waals surface area (Å²) in [6.45, 7) is 0. The van der Waals surface area contributed by atoms with Crippen LogP contribution in [0.5, 0.6) is 0 Å². The van der Waals surface area contributed by atoms with Crippen LogP contribution >= 0.6 is 0 Å². The Labute approximate surface area is 118 Å². The van der Waals surface area contributed by atoms with E-state index in [0.29, 0.717) is 0 Å². The topological polar surface area (TPSA) is 37.8 Å². The van der Waals surface area contributed by atoms with E-state index < -0.39 is 0 Å². The molecule has 100 valence electrons. The van der Waals surface area contributed by atoms with Gasteiger partial charge < -0.3 is 5.32 Å². The fraction of sp³-hybridized carbons (Fsp3) is 0.176. The molecule has 3 rings (SSSR count). The van der Waals surface area contributed by atoms with Gasteiger partial charge in [-0.2, -0.15) is 0 Å². The normalized spacial score (nSPS) is 12.4. The summed E-state index contributed by atoms with van der Waals surface area (Å²) >= 11 is 0. The number of nitrogens with one attached hydrogen (secondary N) is 1. The van der Waals surface area contributed by atoms with Crippen LogP contribution in [0.2, 0.25) is 0 Å². The molecule has 2 heterocycles. The standard InChI is InChI=1S/C17H17N3/c1-18-16(12-13-6-9-19-10-7-13)17-15-5-3-2-4-14(15)8-11-20-17/h2-11,16,18H,12H2,1H3. The Balaban J connectivity index is 1.99. The monoisotopic (exact) mass is 263 g/mol. The first-order chi connectivity index (χ1) is 9.88. The summed E-state index contributed by atoms with van der Waals surface area (Å²) < 4.78 is 0. The minimum Gasteiger partial charge on any atom is -0.311 e. The molecule has 0 aliphatic rings. The Morgan fingerprint density at radius 1 is 1.00 bits per heavy atom. The molecule has 1 unspecified atom stereocenters. The zero-order valence-electron chi connectivity index (χ0n) is 11.5. The van der Waals surface area contributed by atoms with Crippen LogP contribution in [0, 0.1) is 0 Å². The third-order valence-electron chi connectivity index (χ3n) is 3.57. The molecular formula is C17H17N3. The van der Waals surface area contributed by atoms with Crippen molar-refractivity contribution in [2.24, 2.45) is 0 Å². The van der Waals surface area contributed by atoms with Crippen LogP contribution in [-0.2, 0) is 6.42 Å². The van der Waals surface area contributed by atoms with E-state index in [1.165, 1.54) is 16.3 Å². The van der Waals surface area contributed by atoms with E-state index in [1.807, 2.05) is 25.6 Å². The molecule has 1 atom stereocenters. The van der Waals surface area contributed by atoms with E-state index in [-0.39, 0.29) is 6.04 Å². The van der Waals surface area contributed by atoms with Crippen LogP contribution in [0.25, 0.3) is 10.8 Å². The highest BCUT2D eigenvalue weighted by Gasteiger charge is 2.14. The van der Waals surface area contributed by atoms with Gasteiger partial charge in [-0.1, -0.05) is 24.3 Å². The Morgan fingerprint density at radius 3 is 2.60 bits per heavy atom. The van der Waals surface area contributed by atoms with E-state index in [9.17, 15) is 0 Å². The summed E-state index contributed by atoms with van der Waals surface area (Å²) in [6.07, 6.45) is 6.45. The largest absolute Gasteiger partial charge is 0.311 e. The summed E-state index contributed by atoms with van der Waals surface area (Å²) in [5, 5.41) is 5.82. The molecule has 2 aromatic heterocycles. The van der Waals surface area contributed by atoms with Crippen LogP contribution in [0.1, 0.15) is 17.3 Å². The summed E-state index contributed by atoms with van der Waals surface area (Å²) in [6, 6.07) is 14.7. The van der Waals surface area contributed by atoms with Crippen molar-refractivity contribution in [1.29, 1.82) is 0 Å². The molecule has 20 heavy (non-hydrogen) atoms. The first-order valence-electron chi connectivity index (χ1n) is 6.78. The van der Waals surface area contributed by atoms with E-state index in [1.54, 1.807) is 0 Å². The van der Waals surface area contributed by atoms with Gasteiger partial charge in [-0.25, -0.2) is 0 Å². The summed E-state index contributed by atoms with van der Waals surface area (Å²) in [5.41, 5.74) is 2.36. The highest BCUT2D eigenvalue weighted by molar-refractivity contribution is 5.84. The third-order valence-corrected chi connectivity index (χ3v) is 3.57. The fourth-order valence-corrected chi connectivity index (χ4v) is 2.51. The maximum absolute atomic E-state index is 4.60. The van der Waals surface area contributed by atoms with Crippen LogP contribution in [0.4, 0.5) is 0 Å². The number of nitrogens with zero attached hydrogens (tertiary/aromatic N) is 2. The van der Waals surface area contributed by atoms with Crippen LogP contribution in [-0.4, -0.2) is 17.0 Å². The lowest BCUT2D eigenvalue weighted by molar-refractivity contribution is 0.580. The minimum absolute atomic E-state index is 0.198. The first-order valence-corrected chi connectivity index (χ1v) is 6.78. The highest BCUT2D eigenvalue weighted by atomic mass is 14.9.